The summed E-state index contributed by atoms with van der Waals surface area (Å²) in [5.74, 6) is 0.459. The van der Waals surface area contributed by atoms with E-state index in [4.69, 9.17) is 14.3 Å². The molecule has 0 fully saturated rings. The highest BCUT2D eigenvalue weighted by Gasteiger charge is 2.07. The molecule has 1 aromatic heterocycles. The minimum atomic E-state index is -1.01. The molecule has 1 heterocycles. The number of hydrogen-bond acceptors (Lipinski definition) is 5. The van der Waals surface area contributed by atoms with Gasteiger partial charge in [-0.15, -0.1) is 10.2 Å². The van der Waals surface area contributed by atoms with Gasteiger partial charge in [0.15, 0.2) is 0 Å². The molecule has 0 bridgehead atoms. The van der Waals surface area contributed by atoms with Crippen molar-refractivity contribution in [1.29, 1.82) is 0 Å². The lowest BCUT2D eigenvalue weighted by molar-refractivity contribution is -0.142. The SMILES string of the molecule is CC(C)CCc1nnc(COCC(=O)O)o1. The lowest BCUT2D eigenvalue weighted by Crippen LogP contribution is -2.06. The Bertz CT molecular complexity index is 335. The van der Waals surface area contributed by atoms with E-state index in [9.17, 15) is 4.79 Å². The summed E-state index contributed by atoms with van der Waals surface area (Å²) in [6, 6.07) is 0. The molecule has 1 rings (SSSR count). The largest absolute Gasteiger partial charge is 0.480 e. The number of aliphatic carboxylic acids is 1. The molecule has 16 heavy (non-hydrogen) atoms. The Balaban J connectivity index is 2.30. The van der Waals surface area contributed by atoms with Crippen molar-refractivity contribution in [1.82, 2.24) is 10.2 Å². The van der Waals surface area contributed by atoms with Crippen molar-refractivity contribution in [2.75, 3.05) is 6.61 Å². The maximum atomic E-state index is 10.2. The minimum Gasteiger partial charge on any atom is -0.480 e. The third-order valence-corrected chi connectivity index (χ3v) is 1.90. The molecule has 1 N–H and O–H groups in total. The average molecular weight is 228 g/mol. The maximum absolute atomic E-state index is 10.2. The van der Waals surface area contributed by atoms with Gasteiger partial charge in [0, 0.05) is 6.42 Å². The molecular weight excluding hydrogens is 212 g/mol. The Hall–Kier alpha value is -1.43. The van der Waals surface area contributed by atoms with Gasteiger partial charge in [-0.3, -0.25) is 0 Å². The second-order valence-electron chi connectivity index (χ2n) is 3.91. The van der Waals surface area contributed by atoms with Gasteiger partial charge >= 0.3 is 5.97 Å². The second kappa shape index (κ2) is 6.22. The molecule has 0 spiro atoms. The number of hydrogen-bond donors (Lipinski definition) is 1. The minimum absolute atomic E-state index is 0.0426. The smallest absolute Gasteiger partial charge is 0.329 e. The van der Waals surface area contributed by atoms with Crippen LogP contribution in [0.3, 0.4) is 0 Å². The molecule has 90 valence electrons. The Kier molecular flexibility index (Phi) is 4.91. The van der Waals surface area contributed by atoms with Gasteiger partial charge in [-0.25, -0.2) is 4.79 Å². The number of aryl methyl sites for hydroxylation is 1. The summed E-state index contributed by atoms with van der Waals surface area (Å²) >= 11 is 0. The number of nitrogens with zero attached hydrogens (tertiary/aromatic N) is 2. The van der Waals surface area contributed by atoms with E-state index in [0.717, 1.165) is 12.8 Å². The number of rotatable bonds is 7. The Morgan fingerprint density at radius 1 is 1.44 bits per heavy atom. The Morgan fingerprint density at radius 2 is 2.12 bits per heavy atom. The van der Waals surface area contributed by atoms with Gasteiger partial charge in [0.2, 0.25) is 11.8 Å². The van der Waals surface area contributed by atoms with Gasteiger partial charge in [0.05, 0.1) is 0 Å². The van der Waals surface area contributed by atoms with E-state index in [1.807, 2.05) is 0 Å². The van der Waals surface area contributed by atoms with Crippen LogP contribution in [0.5, 0.6) is 0 Å². The third-order valence-electron chi connectivity index (χ3n) is 1.90. The van der Waals surface area contributed by atoms with Gasteiger partial charge < -0.3 is 14.3 Å². The number of carboxylic acid groups (broad SMARTS) is 1. The molecule has 6 nitrogen and oxygen atoms in total. The molecule has 0 saturated heterocycles. The molecule has 0 unspecified atom stereocenters. The molecular formula is C10H16N2O4. The zero-order valence-electron chi connectivity index (χ0n) is 9.47. The number of ether oxygens (including phenoxy) is 1. The molecule has 0 saturated carbocycles. The fourth-order valence-corrected chi connectivity index (χ4v) is 1.09. The molecule has 0 aliphatic rings. The van der Waals surface area contributed by atoms with Crippen molar-refractivity contribution in [2.24, 2.45) is 5.92 Å². The normalized spacial score (nSPS) is 10.9. The van der Waals surface area contributed by atoms with Crippen LogP contribution in [0, 0.1) is 5.92 Å². The molecule has 0 atom stereocenters. The molecule has 0 aliphatic carbocycles. The van der Waals surface area contributed by atoms with E-state index < -0.39 is 5.97 Å². The van der Waals surface area contributed by atoms with Crippen LogP contribution in [-0.2, 0) is 22.6 Å². The monoisotopic (exact) mass is 228 g/mol. The summed E-state index contributed by atoms with van der Waals surface area (Å²) in [7, 11) is 0. The predicted molar refractivity (Wildman–Crippen MR) is 54.7 cm³/mol. The second-order valence-corrected chi connectivity index (χ2v) is 3.91. The van der Waals surface area contributed by atoms with Gasteiger partial charge in [-0.1, -0.05) is 13.8 Å². The van der Waals surface area contributed by atoms with Crippen molar-refractivity contribution in [3.8, 4) is 0 Å². The number of carbonyl (C=O) groups is 1. The first-order valence-corrected chi connectivity index (χ1v) is 5.18. The zero-order chi connectivity index (χ0) is 12.0. The number of carboxylic acids is 1. The summed E-state index contributed by atoms with van der Waals surface area (Å²) < 4.78 is 10.1. The highest BCUT2D eigenvalue weighted by Crippen LogP contribution is 2.08. The van der Waals surface area contributed by atoms with Crippen molar-refractivity contribution in [3.05, 3.63) is 11.8 Å². The summed E-state index contributed by atoms with van der Waals surface area (Å²) in [6.45, 7) is 3.92. The molecule has 0 radical (unpaired) electrons. The van der Waals surface area contributed by atoms with Gasteiger partial charge in [0.1, 0.15) is 13.2 Å². The van der Waals surface area contributed by atoms with Gasteiger partial charge in [-0.05, 0) is 12.3 Å². The third kappa shape index (κ3) is 4.88. The maximum Gasteiger partial charge on any atom is 0.329 e. The summed E-state index contributed by atoms with van der Waals surface area (Å²) in [4.78, 5) is 10.2. The van der Waals surface area contributed by atoms with E-state index in [1.165, 1.54) is 0 Å². The molecule has 0 aliphatic heterocycles. The van der Waals surface area contributed by atoms with Gasteiger partial charge in [0.25, 0.3) is 0 Å². The first-order valence-electron chi connectivity index (χ1n) is 5.18. The Labute approximate surface area is 93.6 Å². The van der Waals surface area contributed by atoms with Crippen LogP contribution in [0.15, 0.2) is 4.42 Å². The fourth-order valence-electron chi connectivity index (χ4n) is 1.09. The van der Waals surface area contributed by atoms with E-state index in [0.29, 0.717) is 17.7 Å². The summed E-state index contributed by atoms with van der Waals surface area (Å²) in [5.41, 5.74) is 0. The highest BCUT2D eigenvalue weighted by molar-refractivity contribution is 5.67. The first kappa shape index (κ1) is 12.6. The summed E-state index contributed by atoms with van der Waals surface area (Å²) in [5, 5.41) is 15.9. The van der Waals surface area contributed by atoms with Crippen LogP contribution in [0.4, 0.5) is 0 Å². The van der Waals surface area contributed by atoms with Crippen molar-refractivity contribution < 1.29 is 19.1 Å². The van der Waals surface area contributed by atoms with Gasteiger partial charge in [-0.2, -0.15) is 0 Å². The zero-order valence-corrected chi connectivity index (χ0v) is 9.47. The van der Waals surface area contributed by atoms with E-state index in [1.54, 1.807) is 0 Å². The fraction of sp³-hybridized carbons (Fsp3) is 0.700. The molecule has 0 amide bonds. The van der Waals surface area contributed by atoms with Crippen LogP contribution in [0.2, 0.25) is 0 Å². The van der Waals surface area contributed by atoms with Crippen molar-refractivity contribution in [2.45, 2.75) is 33.3 Å². The summed E-state index contributed by atoms with van der Waals surface area (Å²) in [6.07, 6.45) is 1.72. The topological polar surface area (TPSA) is 85.5 Å². The van der Waals surface area contributed by atoms with E-state index in [-0.39, 0.29) is 13.2 Å². The standard InChI is InChI=1S/C10H16N2O4/c1-7(2)3-4-8-11-12-9(16-8)5-15-6-10(13)14/h7H,3-6H2,1-2H3,(H,13,14). The van der Waals surface area contributed by atoms with Crippen LogP contribution in [0.1, 0.15) is 32.0 Å². The number of aromatic nitrogens is 2. The van der Waals surface area contributed by atoms with E-state index >= 15 is 0 Å². The molecule has 1 aromatic rings. The van der Waals surface area contributed by atoms with Crippen LogP contribution >= 0.6 is 0 Å². The van der Waals surface area contributed by atoms with E-state index in [2.05, 4.69) is 24.0 Å². The van der Waals surface area contributed by atoms with Crippen LogP contribution in [-0.4, -0.2) is 27.9 Å². The van der Waals surface area contributed by atoms with Crippen molar-refractivity contribution >= 4 is 5.97 Å². The molecule has 0 aromatic carbocycles. The molecule has 6 heteroatoms. The van der Waals surface area contributed by atoms with Crippen molar-refractivity contribution in [3.63, 3.8) is 0 Å². The van der Waals surface area contributed by atoms with Crippen LogP contribution < -0.4 is 0 Å². The average Bonchev–Trinajstić information content (AvgIpc) is 2.62. The quantitative estimate of drug-likeness (QED) is 0.756. The first-order chi connectivity index (χ1) is 7.58. The Morgan fingerprint density at radius 3 is 2.75 bits per heavy atom. The highest BCUT2D eigenvalue weighted by atomic mass is 16.5. The van der Waals surface area contributed by atoms with Crippen LogP contribution in [0.25, 0.3) is 0 Å². The predicted octanol–water partition coefficient (Wildman–Crippen LogP) is 1.26. The lowest BCUT2D eigenvalue weighted by atomic mass is 10.1. The lowest BCUT2D eigenvalue weighted by Gasteiger charge is -1.99.